The lowest BCUT2D eigenvalue weighted by Crippen LogP contribution is -2.10. The van der Waals surface area contributed by atoms with E-state index in [1.807, 2.05) is 115 Å². The highest BCUT2D eigenvalue weighted by molar-refractivity contribution is 6.15. The zero-order valence-corrected chi connectivity index (χ0v) is 33.9. The lowest BCUT2D eigenvalue weighted by molar-refractivity contribution is 0.103. The molecule has 0 aliphatic carbocycles. The van der Waals surface area contributed by atoms with Crippen molar-refractivity contribution >= 4 is 61.4 Å². The van der Waals surface area contributed by atoms with E-state index < -0.39 is 6.85 Å². The molecule has 0 saturated heterocycles. The van der Waals surface area contributed by atoms with Gasteiger partial charge in [-0.25, -0.2) is 9.97 Å². The molecule has 0 unspecified atom stereocenters. The van der Waals surface area contributed by atoms with Gasteiger partial charge in [-0.1, -0.05) is 118 Å². The molecule has 10 rings (SSSR count). The van der Waals surface area contributed by atoms with Crippen molar-refractivity contribution in [1.29, 1.82) is 0 Å². The van der Waals surface area contributed by atoms with Gasteiger partial charge in [0.05, 0.1) is 34.4 Å². The maximum Gasteiger partial charge on any atom is 0.193 e. The quantitative estimate of drug-likeness (QED) is 0.142. The van der Waals surface area contributed by atoms with E-state index in [0.29, 0.717) is 34.0 Å². The molecule has 0 aliphatic heterocycles. The minimum absolute atomic E-state index is 0.132. The Labute approximate surface area is 358 Å². The second-order valence-electron chi connectivity index (χ2n) is 16.3. The number of hydrogen-bond donors (Lipinski definition) is 2. The summed E-state index contributed by atoms with van der Waals surface area (Å²) in [5.74, 6) is 0.961. The van der Waals surface area contributed by atoms with Crippen LogP contribution in [0.1, 0.15) is 51.9 Å². The number of nitrogens with zero attached hydrogens (tertiary/aromatic N) is 3. The number of para-hydroxylation sites is 3. The number of fused-ring (bicyclic) bond motifs is 4. The van der Waals surface area contributed by atoms with Crippen LogP contribution in [0.15, 0.2) is 181 Å². The van der Waals surface area contributed by atoms with Crippen molar-refractivity contribution in [3.8, 4) is 28.1 Å². The Morgan fingerprint density at radius 1 is 0.639 bits per heavy atom. The molecule has 2 N–H and O–H groups in total. The molecule has 0 fully saturated rings. The molecule has 0 amide bonds. The zero-order chi connectivity index (χ0) is 44.2. The average molecular weight is 797 g/mol. The molecule has 7 heteroatoms. The molecule has 10 aromatic rings. The minimum atomic E-state index is -2.35. The Hall–Kier alpha value is -7.77. The highest BCUT2D eigenvalue weighted by atomic mass is 16.3. The minimum Gasteiger partial charge on any atom is -0.460 e. The van der Waals surface area contributed by atoms with E-state index in [1.165, 1.54) is 0 Å². The maximum absolute atomic E-state index is 14.4. The molecule has 0 radical (unpaired) electrons. The molecule has 296 valence electrons. The van der Waals surface area contributed by atoms with Gasteiger partial charge in [0.25, 0.3) is 0 Å². The summed E-state index contributed by atoms with van der Waals surface area (Å²) >= 11 is 0. The van der Waals surface area contributed by atoms with Crippen LogP contribution < -0.4 is 10.6 Å². The molecule has 6 aromatic carbocycles. The Kier molecular flexibility index (Phi) is 8.46. The van der Waals surface area contributed by atoms with Crippen LogP contribution in [0.3, 0.4) is 0 Å². The number of rotatable bonds is 9. The summed E-state index contributed by atoms with van der Waals surface area (Å²) in [6, 6.07) is 50.7. The normalized spacial score (nSPS) is 12.6. The number of carbonyl (C=O) groups excluding carboxylic acids is 1. The molecule has 0 aliphatic rings. The van der Waals surface area contributed by atoms with Crippen LogP contribution in [0.4, 0.5) is 22.9 Å². The highest BCUT2D eigenvalue weighted by Gasteiger charge is 2.21. The summed E-state index contributed by atoms with van der Waals surface area (Å²) in [7, 11) is 0. The van der Waals surface area contributed by atoms with E-state index in [1.54, 1.807) is 42.9 Å². The van der Waals surface area contributed by atoms with Crippen molar-refractivity contribution in [2.75, 3.05) is 10.6 Å². The second-order valence-corrected chi connectivity index (χ2v) is 16.3. The molecule has 4 heterocycles. The van der Waals surface area contributed by atoms with Gasteiger partial charge < -0.3 is 15.1 Å². The Morgan fingerprint density at radius 2 is 1.34 bits per heavy atom. The molecule has 0 bridgehead atoms. The fourth-order valence-corrected chi connectivity index (χ4v) is 8.16. The number of ketones is 1. The summed E-state index contributed by atoms with van der Waals surface area (Å²) < 4.78 is 33.4. The first-order chi connectivity index (χ1) is 30.9. The number of anilines is 4. The van der Waals surface area contributed by atoms with Crippen LogP contribution in [0.2, 0.25) is 0 Å². The number of nitrogens with one attached hydrogen (secondary N) is 2. The van der Waals surface area contributed by atoms with Crippen LogP contribution in [0.5, 0.6) is 0 Å². The number of carbonyl (C=O) groups is 1. The third-order valence-electron chi connectivity index (χ3n) is 11.2. The van der Waals surface area contributed by atoms with E-state index in [2.05, 4.69) is 59.2 Å². The van der Waals surface area contributed by atoms with E-state index in [4.69, 9.17) is 13.5 Å². The smallest absolute Gasteiger partial charge is 0.193 e. The third kappa shape index (κ3) is 7.00. The number of hydrogen-bond acceptors (Lipinski definition) is 6. The maximum atomic E-state index is 14.4. The fourth-order valence-electron chi connectivity index (χ4n) is 8.16. The molecule has 0 spiro atoms. The molecular formula is C54H43N5O2. The first kappa shape index (κ1) is 34.1. The van der Waals surface area contributed by atoms with Crippen molar-refractivity contribution < 1.29 is 13.3 Å². The molecule has 4 aromatic heterocycles. The van der Waals surface area contributed by atoms with Gasteiger partial charge in [0.15, 0.2) is 17.2 Å². The molecule has 0 atom stereocenters. The topological polar surface area (TPSA) is 85.0 Å². The lowest BCUT2D eigenvalue weighted by atomic mass is 9.84. The molecule has 61 heavy (non-hydrogen) atoms. The van der Waals surface area contributed by atoms with Gasteiger partial charge in [-0.05, 0) is 95.2 Å². The number of pyridine rings is 2. The Bertz CT molecular complexity index is 3400. The van der Waals surface area contributed by atoms with E-state index >= 15 is 0 Å². The number of furan rings is 1. The first-order valence-corrected chi connectivity index (χ1v) is 20.3. The van der Waals surface area contributed by atoms with Gasteiger partial charge in [0, 0.05) is 54.9 Å². The highest BCUT2D eigenvalue weighted by Crippen LogP contribution is 2.43. The Balaban J connectivity index is 1.03. The van der Waals surface area contributed by atoms with Gasteiger partial charge in [-0.2, -0.15) is 0 Å². The van der Waals surface area contributed by atoms with Crippen molar-refractivity contribution in [1.82, 2.24) is 14.5 Å². The van der Waals surface area contributed by atoms with Gasteiger partial charge in [0.1, 0.15) is 5.82 Å². The summed E-state index contributed by atoms with van der Waals surface area (Å²) in [5.41, 5.74) is 10.1. The zero-order valence-electron chi connectivity index (χ0n) is 36.9. The van der Waals surface area contributed by atoms with Crippen molar-refractivity contribution in [3.05, 3.63) is 199 Å². The van der Waals surface area contributed by atoms with E-state index in [9.17, 15) is 4.79 Å². The van der Waals surface area contributed by atoms with Crippen LogP contribution in [-0.4, -0.2) is 20.3 Å². The number of benzene rings is 6. The predicted molar refractivity (Wildman–Crippen MR) is 250 cm³/mol. The van der Waals surface area contributed by atoms with Gasteiger partial charge in [-0.3, -0.25) is 9.36 Å². The molecule has 0 saturated carbocycles. The third-order valence-corrected chi connectivity index (χ3v) is 11.2. The summed E-state index contributed by atoms with van der Waals surface area (Å²) in [4.78, 5) is 23.8. The SMILES string of the molecule is [2H]C([2H])([2H])c1cc(-c2ccccc2)c(Nc2ccccc2Nc2cc(C(=O)c3ccc4c5ccccc5n(-c5nccc6ccoc56)c4c3)ccn2)c(-c2cccc(C(C)(C)C)c2)c1. The van der Waals surface area contributed by atoms with Gasteiger partial charge in [-0.15, -0.1) is 0 Å². The van der Waals surface area contributed by atoms with E-state index in [0.717, 1.165) is 66.4 Å². The summed E-state index contributed by atoms with van der Waals surface area (Å²) in [5, 5.41) is 10.2. The number of aryl methyl sites for hydroxylation is 1. The first-order valence-electron chi connectivity index (χ1n) is 21.8. The average Bonchev–Trinajstić information content (AvgIpc) is 3.92. The number of aromatic nitrogens is 3. The van der Waals surface area contributed by atoms with Crippen molar-refractivity contribution in [3.63, 3.8) is 0 Å². The summed E-state index contributed by atoms with van der Waals surface area (Å²) in [6.07, 6.45) is 5.06. The Morgan fingerprint density at radius 3 is 2.16 bits per heavy atom. The summed E-state index contributed by atoms with van der Waals surface area (Å²) in [6.45, 7) is 4.15. The van der Waals surface area contributed by atoms with Crippen LogP contribution in [0, 0.1) is 6.85 Å². The lowest BCUT2D eigenvalue weighted by Gasteiger charge is -2.23. The fraction of sp³-hybridized carbons (Fsp3) is 0.0926. The van der Waals surface area contributed by atoms with Gasteiger partial charge >= 0.3 is 0 Å². The standard InChI is InChI=1S/C54H43N5O2/c1-34-29-43(35-13-6-5-7-14-35)50(44(30-34)37-15-12-16-40(31-37)54(2,3)4)58-46-19-10-9-18-45(46)57-49-33-39(24-26-55-49)51(60)38-21-22-42-41-17-8-11-20-47(41)59(48(42)32-38)53-52-36(23-27-56-53)25-28-61-52/h5-33,58H,1-4H3,(H,55,57)/i1D3. The van der Waals surface area contributed by atoms with Crippen LogP contribution >= 0.6 is 0 Å². The predicted octanol–water partition coefficient (Wildman–Crippen LogP) is 14.0. The monoisotopic (exact) mass is 796 g/mol. The largest absolute Gasteiger partial charge is 0.460 e. The van der Waals surface area contributed by atoms with Gasteiger partial charge in [0.2, 0.25) is 0 Å². The second kappa shape index (κ2) is 15.1. The molecular weight excluding hydrogens is 751 g/mol. The van der Waals surface area contributed by atoms with Crippen LogP contribution in [-0.2, 0) is 5.41 Å². The molecule has 7 nitrogen and oxygen atoms in total. The van der Waals surface area contributed by atoms with Crippen molar-refractivity contribution in [2.45, 2.75) is 33.0 Å². The van der Waals surface area contributed by atoms with Crippen LogP contribution in [0.25, 0.3) is 60.8 Å². The van der Waals surface area contributed by atoms with Crippen molar-refractivity contribution in [2.24, 2.45) is 0 Å². The van der Waals surface area contributed by atoms with E-state index in [-0.39, 0.29) is 16.8 Å².